The van der Waals surface area contributed by atoms with Gasteiger partial charge in [-0.25, -0.2) is 13.1 Å². The third-order valence-electron chi connectivity index (χ3n) is 4.12. The minimum atomic E-state index is -3.73. The van der Waals surface area contributed by atoms with Gasteiger partial charge in [-0.15, -0.1) is 0 Å². The third kappa shape index (κ3) is 3.57. The average Bonchev–Trinajstić information content (AvgIpc) is 2.60. The van der Waals surface area contributed by atoms with E-state index in [9.17, 15) is 8.42 Å². The van der Waals surface area contributed by atoms with E-state index < -0.39 is 10.0 Å². The van der Waals surface area contributed by atoms with Crippen molar-refractivity contribution < 1.29 is 13.2 Å². The lowest BCUT2D eigenvalue weighted by molar-refractivity contribution is 0.413. The van der Waals surface area contributed by atoms with E-state index in [2.05, 4.69) is 16.1 Å². The fourth-order valence-corrected chi connectivity index (χ4v) is 4.42. The summed E-state index contributed by atoms with van der Waals surface area (Å²) in [5.74, 6) is 0.445. The molecule has 24 heavy (non-hydrogen) atoms. The molecular weight excluding hydrogens is 348 g/mol. The molecule has 0 saturated carbocycles. The summed E-state index contributed by atoms with van der Waals surface area (Å²) in [7, 11) is -2.25. The maximum absolute atomic E-state index is 12.6. The number of rotatable bonds is 5. The zero-order chi connectivity index (χ0) is 17.2. The number of hydrogen-bond donors (Lipinski definition) is 2. The summed E-state index contributed by atoms with van der Waals surface area (Å²) in [5, 5.41) is 3.52. The molecule has 5 nitrogen and oxygen atoms in total. The van der Waals surface area contributed by atoms with Crippen LogP contribution in [-0.2, 0) is 16.4 Å². The Morgan fingerprint density at radius 1 is 1.29 bits per heavy atom. The SMILES string of the molecule is COc1ccc(Cl)c(S(=O)(=O)NCC2NCCc3ccccc32)c1. The molecule has 2 aromatic rings. The van der Waals surface area contributed by atoms with Crippen LogP contribution in [0.5, 0.6) is 5.75 Å². The number of hydrogen-bond acceptors (Lipinski definition) is 4. The van der Waals surface area contributed by atoms with Crippen molar-refractivity contribution in [1.29, 1.82) is 0 Å². The molecular formula is C17H19ClN2O3S. The predicted octanol–water partition coefficient (Wildman–Crippen LogP) is 2.51. The summed E-state index contributed by atoms with van der Waals surface area (Å²) < 4.78 is 32.9. The first kappa shape index (κ1) is 17.2. The molecule has 0 bridgehead atoms. The molecule has 1 atom stereocenters. The van der Waals surface area contributed by atoms with Crippen LogP contribution in [-0.4, -0.2) is 28.6 Å². The quantitative estimate of drug-likeness (QED) is 0.853. The number of benzene rings is 2. The molecule has 128 valence electrons. The molecule has 0 saturated heterocycles. The summed E-state index contributed by atoms with van der Waals surface area (Å²) in [6.45, 7) is 1.08. The molecule has 2 N–H and O–H groups in total. The van der Waals surface area contributed by atoms with Gasteiger partial charge in [0.05, 0.1) is 12.1 Å². The lowest BCUT2D eigenvalue weighted by Gasteiger charge is -2.27. The minimum Gasteiger partial charge on any atom is -0.497 e. The zero-order valence-corrected chi connectivity index (χ0v) is 14.8. The Hall–Kier alpha value is -1.60. The second-order valence-electron chi connectivity index (χ2n) is 5.60. The Balaban J connectivity index is 1.80. The van der Waals surface area contributed by atoms with Gasteiger partial charge in [-0.1, -0.05) is 35.9 Å². The summed E-state index contributed by atoms with van der Waals surface area (Å²) in [5.41, 5.74) is 2.38. The fraction of sp³-hybridized carbons (Fsp3) is 0.294. The van der Waals surface area contributed by atoms with Crippen LogP contribution in [0.3, 0.4) is 0 Å². The van der Waals surface area contributed by atoms with Gasteiger partial charge in [0, 0.05) is 18.7 Å². The monoisotopic (exact) mass is 366 g/mol. The van der Waals surface area contributed by atoms with E-state index in [1.54, 1.807) is 6.07 Å². The largest absolute Gasteiger partial charge is 0.497 e. The smallest absolute Gasteiger partial charge is 0.242 e. The van der Waals surface area contributed by atoms with Crippen LogP contribution >= 0.6 is 11.6 Å². The molecule has 0 aliphatic carbocycles. The summed E-state index contributed by atoms with van der Waals surface area (Å²) >= 11 is 6.05. The Labute approximate surface area is 147 Å². The Bertz CT molecular complexity index is 839. The van der Waals surface area contributed by atoms with Crippen molar-refractivity contribution in [2.45, 2.75) is 17.4 Å². The van der Waals surface area contributed by atoms with E-state index in [-0.39, 0.29) is 22.5 Å². The van der Waals surface area contributed by atoms with Gasteiger partial charge in [0.1, 0.15) is 10.6 Å². The Kier molecular flexibility index (Phi) is 5.10. The van der Waals surface area contributed by atoms with Crippen LogP contribution < -0.4 is 14.8 Å². The molecule has 1 unspecified atom stereocenters. The van der Waals surface area contributed by atoms with E-state index in [0.29, 0.717) is 5.75 Å². The lowest BCUT2D eigenvalue weighted by atomic mass is 9.95. The van der Waals surface area contributed by atoms with Crippen molar-refractivity contribution in [3.05, 3.63) is 58.6 Å². The van der Waals surface area contributed by atoms with Gasteiger partial charge >= 0.3 is 0 Å². The molecule has 0 radical (unpaired) electrons. The number of fused-ring (bicyclic) bond motifs is 1. The standard InChI is InChI=1S/C17H19ClN2O3S/c1-23-13-6-7-15(18)17(10-13)24(21,22)20-11-16-14-5-3-2-4-12(14)8-9-19-16/h2-7,10,16,19-20H,8-9,11H2,1H3. The first-order valence-electron chi connectivity index (χ1n) is 7.65. The molecule has 3 rings (SSSR count). The van der Waals surface area contributed by atoms with Gasteiger partial charge in [0.25, 0.3) is 0 Å². The molecule has 0 aromatic heterocycles. The Morgan fingerprint density at radius 3 is 2.88 bits per heavy atom. The van der Waals surface area contributed by atoms with Crippen LogP contribution in [0, 0.1) is 0 Å². The van der Waals surface area contributed by atoms with Crippen LogP contribution in [0.4, 0.5) is 0 Å². The van der Waals surface area contributed by atoms with Gasteiger partial charge in [0.2, 0.25) is 10.0 Å². The fourth-order valence-electron chi connectivity index (χ4n) is 2.86. The van der Waals surface area contributed by atoms with Gasteiger partial charge in [0.15, 0.2) is 0 Å². The van der Waals surface area contributed by atoms with Crippen LogP contribution in [0.15, 0.2) is 47.4 Å². The van der Waals surface area contributed by atoms with E-state index >= 15 is 0 Å². The molecule has 7 heteroatoms. The number of sulfonamides is 1. The molecule has 0 spiro atoms. The molecule has 1 aliphatic rings. The van der Waals surface area contributed by atoms with Gasteiger partial charge in [-0.3, -0.25) is 0 Å². The average molecular weight is 367 g/mol. The highest BCUT2D eigenvalue weighted by Gasteiger charge is 2.24. The summed E-state index contributed by atoms with van der Waals surface area (Å²) in [6.07, 6.45) is 0.946. The first-order chi connectivity index (χ1) is 11.5. The van der Waals surface area contributed by atoms with E-state index in [1.807, 2.05) is 18.2 Å². The first-order valence-corrected chi connectivity index (χ1v) is 9.52. The van der Waals surface area contributed by atoms with E-state index in [1.165, 1.54) is 24.8 Å². The second-order valence-corrected chi connectivity index (χ2v) is 7.75. The molecule has 2 aromatic carbocycles. The zero-order valence-electron chi connectivity index (χ0n) is 13.3. The molecule has 0 fully saturated rings. The number of ether oxygens (including phenoxy) is 1. The summed E-state index contributed by atoms with van der Waals surface area (Å²) in [4.78, 5) is 0.0209. The highest BCUT2D eigenvalue weighted by molar-refractivity contribution is 7.89. The lowest BCUT2D eigenvalue weighted by Crippen LogP contribution is -2.38. The van der Waals surface area contributed by atoms with Crippen molar-refractivity contribution >= 4 is 21.6 Å². The number of nitrogens with one attached hydrogen (secondary N) is 2. The molecule has 1 heterocycles. The number of methoxy groups -OCH3 is 1. The summed E-state index contributed by atoms with van der Waals surface area (Å²) in [6, 6.07) is 12.6. The van der Waals surface area contributed by atoms with Crippen LogP contribution in [0.2, 0.25) is 5.02 Å². The van der Waals surface area contributed by atoms with E-state index in [4.69, 9.17) is 16.3 Å². The third-order valence-corrected chi connectivity index (χ3v) is 6.03. The number of halogens is 1. The van der Waals surface area contributed by atoms with Crippen molar-refractivity contribution in [3.8, 4) is 5.75 Å². The normalized spacial score (nSPS) is 17.3. The van der Waals surface area contributed by atoms with Crippen molar-refractivity contribution in [3.63, 3.8) is 0 Å². The van der Waals surface area contributed by atoms with Crippen molar-refractivity contribution in [2.75, 3.05) is 20.2 Å². The van der Waals surface area contributed by atoms with Crippen molar-refractivity contribution in [1.82, 2.24) is 10.0 Å². The second kappa shape index (κ2) is 7.11. The van der Waals surface area contributed by atoms with Gasteiger partial charge in [-0.2, -0.15) is 0 Å². The highest BCUT2D eigenvalue weighted by Crippen LogP contribution is 2.27. The van der Waals surface area contributed by atoms with E-state index in [0.717, 1.165) is 18.5 Å². The topological polar surface area (TPSA) is 67.4 Å². The van der Waals surface area contributed by atoms with Gasteiger partial charge in [-0.05, 0) is 36.2 Å². The van der Waals surface area contributed by atoms with Crippen molar-refractivity contribution in [2.24, 2.45) is 0 Å². The molecule has 0 amide bonds. The molecule has 1 aliphatic heterocycles. The minimum absolute atomic E-state index is 0.0209. The maximum Gasteiger partial charge on any atom is 0.242 e. The Morgan fingerprint density at radius 2 is 2.08 bits per heavy atom. The maximum atomic E-state index is 12.6. The van der Waals surface area contributed by atoms with Crippen LogP contribution in [0.1, 0.15) is 17.2 Å². The highest BCUT2D eigenvalue weighted by atomic mass is 35.5. The predicted molar refractivity (Wildman–Crippen MR) is 94.1 cm³/mol. The van der Waals surface area contributed by atoms with Gasteiger partial charge < -0.3 is 10.1 Å². The van der Waals surface area contributed by atoms with Crippen LogP contribution in [0.25, 0.3) is 0 Å².